The first kappa shape index (κ1) is 19.7. The molecule has 7 heteroatoms. The SMILES string of the molecule is CC(=O)c1c(C)[nH]c(C(=O)CN2CCN(Cc3ccc4c(c3)OCO4)CC2)c1C. The van der Waals surface area contributed by atoms with Gasteiger partial charge < -0.3 is 14.5 Å². The quantitative estimate of drug-likeness (QED) is 0.755. The summed E-state index contributed by atoms with van der Waals surface area (Å²) in [4.78, 5) is 32.3. The van der Waals surface area contributed by atoms with Crippen LogP contribution >= 0.6 is 0 Å². The molecule has 0 unspecified atom stereocenters. The Morgan fingerprint density at radius 1 is 1.03 bits per heavy atom. The van der Waals surface area contributed by atoms with E-state index in [0.717, 1.165) is 55.5 Å². The summed E-state index contributed by atoms with van der Waals surface area (Å²) in [7, 11) is 0. The maximum atomic E-state index is 12.8. The lowest BCUT2D eigenvalue weighted by Crippen LogP contribution is -2.47. The summed E-state index contributed by atoms with van der Waals surface area (Å²) in [6.45, 7) is 10.2. The van der Waals surface area contributed by atoms with Crippen molar-refractivity contribution in [3.05, 3.63) is 46.3 Å². The van der Waals surface area contributed by atoms with E-state index in [1.807, 2.05) is 26.0 Å². The number of aromatic nitrogens is 1. The summed E-state index contributed by atoms with van der Waals surface area (Å²) in [5.74, 6) is 1.66. The zero-order valence-electron chi connectivity index (χ0n) is 17.2. The highest BCUT2D eigenvalue weighted by Crippen LogP contribution is 2.32. The lowest BCUT2D eigenvalue weighted by molar-refractivity contribution is 0.0839. The van der Waals surface area contributed by atoms with Crippen LogP contribution in [0.5, 0.6) is 11.5 Å². The number of H-pyrrole nitrogens is 1. The van der Waals surface area contributed by atoms with Gasteiger partial charge in [0.15, 0.2) is 23.1 Å². The second-order valence-corrected chi connectivity index (χ2v) is 7.84. The van der Waals surface area contributed by atoms with Crippen LogP contribution in [0, 0.1) is 13.8 Å². The predicted molar refractivity (Wildman–Crippen MR) is 109 cm³/mol. The fourth-order valence-corrected chi connectivity index (χ4v) is 4.24. The average molecular weight is 397 g/mol. The standard InChI is InChI=1S/C22H27N3O4/c1-14-21(16(3)26)15(2)23-22(14)18(27)12-25-8-6-24(7-9-25)11-17-4-5-19-20(10-17)29-13-28-19/h4-5,10,23H,6-9,11-13H2,1-3H3. The van der Waals surface area contributed by atoms with Crippen molar-refractivity contribution in [2.45, 2.75) is 27.3 Å². The third kappa shape index (κ3) is 4.06. The van der Waals surface area contributed by atoms with Crippen molar-refractivity contribution in [3.63, 3.8) is 0 Å². The maximum Gasteiger partial charge on any atom is 0.231 e. The van der Waals surface area contributed by atoms with Crippen LogP contribution in [0.15, 0.2) is 18.2 Å². The van der Waals surface area contributed by atoms with Gasteiger partial charge in [-0.1, -0.05) is 6.07 Å². The topological polar surface area (TPSA) is 74.9 Å². The van der Waals surface area contributed by atoms with Gasteiger partial charge in [-0.3, -0.25) is 19.4 Å². The lowest BCUT2D eigenvalue weighted by atomic mass is 10.1. The molecule has 0 spiro atoms. The van der Waals surface area contributed by atoms with Crippen LogP contribution < -0.4 is 9.47 Å². The summed E-state index contributed by atoms with van der Waals surface area (Å²) < 4.78 is 10.8. The fraction of sp³-hybridized carbons (Fsp3) is 0.455. The van der Waals surface area contributed by atoms with Gasteiger partial charge in [0.2, 0.25) is 6.79 Å². The van der Waals surface area contributed by atoms with Gasteiger partial charge in [-0.2, -0.15) is 0 Å². The molecule has 1 saturated heterocycles. The van der Waals surface area contributed by atoms with E-state index in [0.29, 0.717) is 24.6 Å². The number of aryl methyl sites for hydroxylation is 1. The molecule has 3 heterocycles. The van der Waals surface area contributed by atoms with Gasteiger partial charge in [0, 0.05) is 44.0 Å². The normalized spacial score (nSPS) is 16.9. The molecule has 0 bridgehead atoms. The first-order chi connectivity index (χ1) is 13.9. The number of nitrogens with zero attached hydrogens (tertiary/aromatic N) is 2. The minimum atomic E-state index is -0.00701. The first-order valence-electron chi connectivity index (χ1n) is 9.99. The molecular formula is C22H27N3O4. The van der Waals surface area contributed by atoms with Gasteiger partial charge in [-0.05, 0) is 44.0 Å². The van der Waals surface area contributed by atoms with E-state index in [9.17, 15) is 9.59 Å². The van der Waals surface area contributed by atoms with Crippen molar-refractivity contribution in [2.24, 2.45) is 0 Å². The molecule has 1 N–H and O–H groups in total. The number of carbonyl (C=O) groups is 2. The van der Waals surface area contributed by atoms with Crippen LogP contribution in [0.3, 0.4) is 0 Å². The third-order valence-corrected chi connectivity index (χ3v) is 5.74. The van der Waals surface area contributed by atoms with Gasteiger partial charge in [0.05, 0.1) is 12.2 Å². The van der Waals surface area contributed by atoms with Crippen LogP contribution in [0.25, 0.3) is 0 Å². The molecule has 0 aliphatic carbocycles. The van der Waals surface area contributed by atoms with Crippen LogP contribution in [0.2, 0.25) is 0 Å². The van der Waals surface area contributed by atoms with E-state index in [4.69, 9.17) is 9.47 Å². The number of ketones is 2. The Bertz CT molecular complexity index is 942. The average Bonchev–Trinajstić information content (AvgIpc) is 3.26. The van der Waals surface area contributed by atoms with Crippen LogP contribution in [0.1, 0.15) is 44.6 Å². The van der Waals surface area contributed by atoms with E-state index in [-0.39, 0.29) is 11.6 Å². The molecule has 2 aliphatic heterocycles. The van der Waals surface area contributed by atoms with Gasteiger partial charge in [-0.15, -0.1) is 0 Å². The molecule has 1 aromatic heterocycles. The Kier molecular flexibility index (Phi) is 5.43. The Labute approximate surface area is 170 Å². The maximum absolute atomic E-state index is 12.8. The number of ether oxygens (including phenoxy) is 2. The van der Waals surface area contributed by atoms with Crippen LogP contribution in [-0.2, 0) is 6.54 Å². The van der Waals surface area contributed by atoms with Crippen molar-refractivity contribution in [2.75, 3.05) is 39.5 Å². The number of fused-ring (bicyclic) bond motifs is 1. The molecule has 0 atom stereocenters. The number of carbonyl (C=O) groups excluding carboxylic acids is 2. The number of aromatic amines is 1. The second kappa shape index (κ2) is 8.00. The Morgan fingerprint density at radius 3 is 2.41 bits per heavy atom. The molecule has 1 aromatic carbocycles. The summed E-state index contributed by atoms with van der Waals surface area (Å²) >= 11 is 0. The monoisotopic (exact) mass is 397 g/mol. The minimum absolute atomic E-state index is 0.00701. The zero-order valence-corrected chi connectivity index (χ0v) is 17.2. The second-order valence-electron chi connectivity index (χ2n) is 7.84. The van der Waals surface area contributed by atoms with E-state index >= 15 is 0 Å². The van der Waals surface area contributed by atoms with Crippen molar-refractivity contribution in [3.8, 4) is 11.5 Å². The van der Waals surface area contributed by atoms with Gasteiger partial charge in [-0.25, -0.2) is 0 Å². The number of benzene rings is 1. The predicted octanol–water partition coefficient (Wildman–Crippen LogP) is 2.56. The largest absolute Gasteiger partial charge is 0.454 e. The van der Waals surface area contributed by atoms with Crippen molar-refractivity contribution < 1.29 is 19.1 Å². The summed E-state index contributed by atoms with van der Waals surface area (Å²) in [5, 5.41) is 0. The highest BCUT2D eigenvalue weighted by Gasteiger charge is 2.24. The van der Waals surface area contributed by atoms with Gasteiger partial charge >= 0.3 is 0 Å². The Balaban J connectivity index is 1.31. The summed E-state index contributed by atoms with van der Waals surface area (Å²) in [6.07, 6.45) is 0. The number of Topliss-reactive ketones (excluding diaryl/α,β-unsaturated/α-hetero) is 2. The minimum Gasteiger partial charge on any atom is -0.454 e. The molecule has 2 aliphatic rings. The van der Waals surface area contributed by atoms with Crippen LogP contribution in [0.4, 0.5) is 0 Å². The summed E-state index contributed by atoms with van der Waals surface area (Å²) in [6, 6.07) is 6.08. The third-order valence-electron chi connectivity index (χ3n) is 5.74. The number of hydrogen-bond donors (Lipinski definition) is 1. The van der Waals surface area contributed by atoms with Gasteiger partial charge in [0.1, 0.15) is 0 Å². The smallest absolute Gasteiger partial charge is 0.231 e. The van der Waals surface area contributed by atoms with Crippen molar-refractivity contribution in [1.29, 1.82) is 0 Å². The van der Waals surface area contributed by atoms with E-state index in [1.165, 1.54) is 12.5 Å². The number of hydrogen-bond acceptors (Lipinski definition) is 6. The first-order valence-corrected chi connectivity index (χ1v) is 9.99. The van der Waals surface area contributed by atoms with Crippen molar-refractivity contribution in [1.82, 2.24) is 14.8 Å². The van der Waals surface area contributed by atoms with Gasteiger partial charge in [0.25, 0.3) is 0 Å². The number of nitrogens with one attached hydrogen (secondary N) is 1. The molecule has 4 rings (SSSR count). The molecular weight excluding hydrogens is 370 g/mol. The Morgan fingerprint density at radius 2 is 1.72 bits per heavy atom. The van der Waals surface area contributed by atoms with E-state index in [1.54, 1.807) is 0 Å². The zero-order chi connectivity index (χ0) is 20.5. The molecule has 29 heavy (non-hydrogen) atoms. The number of piperazine rings is 1. The number of rotatable bonds is 6. The molecule has 7 nitrogen and oxygen atoms in total. The molecule has 154 valence electrons. The lowest BCUT2D eigenvalue weighted by Gasteiger charge is -2.34. The van der Waals surface area contributed by atoms with E-state index in [2.05, 4.69) is 20.9 Å². The highest BCUT2D eigenvalue weighted by molar-refractivity contribution is 6.03. The molecule has 1 fully saturated rings. The molecule has 2 aromatic rings. The molecule has 0 radical (unpaired) electrons. The molecule has 0 amide bonds. The highest BCUT2D eigenvalue weighted by atomic mass is 16.7. The fourth-order valence-electron chi connectivity index (χ4n) is 4.24. The van der Waals surface area contributed by atoms with Crippen LogP contribution in [-0.4, -0.2) is 65.9 Å². The van der Waals surface area contributed by atoms with Crippen molar-refractivity contribution >= 4 is 11.6 Å². The van der Waals surface area contributed by atoms with E-state index < -0.39 is 0 Å². The molecule has 0 saturated carbocycles. The Hall–Kier alpha value is -2.64. The summed E-state index contributed by atoms with van der Waals surface area (Å²) in [5.41, 5.74) is 3.94.